The molecule has 2 aromatic carbocycles. The molecule has 0 saturated carbocycles. The molecular formula is C20H22N2O3. The molecule has 1 unspecified atom stereocenters. The van der Waals surface area contributed by atoms with Crippen LogP contribution in [0.15, 0.2) is 42.5 Å². The van der Waals surface area contributed by atoms with E-state index in [1.165, 1.54) is 0 Å². The number of nitrogens with one attached hydrogen (secondary N) is 1. The summed E-state index contributed by atoms with van der Waals surface area (Å²) in [5, 5.41) is 2.98. The molecular weight excluding hydrogens is 316 g/mol. The standard InChI is InChI=1S/C20H22N2O3/c1-13-5-4-6-17(14(13)2)21-20(24)18-11-12-19(23)22(18)15-7-9-16(25-3)10-8-15/h4-10,18H,11-12H2,1-3H3,(H,21,24). The van der Waals surface area contributed by atoms with E-state index in [9.17, 15) is 9.59 Å². The number of benzene rings is 2. The molecule has 1 saturated heterocycles. The Kier molecular flexibility index (Phi) is 4.74. The lowest BCUT2D eigenvalue weighted by Crippen LogP contribution is -2.41. The maximum absolute atomic E-state index is 12.8. The van der Waals surface area contributed by atoms with Crippen molar-refractivity contribution in [2.75, 3.05) is 17.3 Å². The van der Waals surface area contributed by atoms with E-state index in [0.29, 0.717) is 24.3 Å². The Balaban J connectivity index is 1.83. The fourth-order valence-corrected chi connectivity index (χ4v) is 3.10. The minimum atomic E-state index is -0.499. The van der Waals surface area contributed by atoms with E-state index in [-0.39, 0.29) is 11.8 Å². The van der Waals surface area contributed by atoms with Gasteiger partial charge in [-0.2, -0.15) is 0 Å². The zero-order chi connectivity index (χ0) is 18.0. The van der Waals surface area contributed by atoms with Crippen molar-refractivity contribution in [2.45, 2.75) is 32.7 Å². The Morgan fingerprint density at radius 2 is 1.88 bits per heavy atom. The van der Waals surface area contributed by atoms with Gasteiger partial charge in [0.05, 0.1) is 7.11 Å². The highest BCUT2D eigenvalue weighted by Gasteiger charge is 2.37. The normalized spacial score (nSPS) is 16.8. The molecule has 1 atom stereocenters. The fourth-order valence-electron chi connectivity index (χ4n) is 3.10. The maximum atomic E-state index is 12.8. The van der Waals surface area contributed by atoms with Gasteiger partial charge in [-0.3, -0.25) is 14.5 Å². The van der Waals surface area contributed by atoms with Crippen LogP contribution < -0.4 is 15.0 Å². The Bertz CT molecular complexity index is 799. The molecule has 3 rings (SSSR count). The highest BCUT2D eigenvalue weighted by Crippen LogP contribution is 2.29. The van der Waals surface area contributed by atoms with E-state index >= 15 is 0 Å². The van der Waals surface area contributed by atoms with Crippen molar-refractivity contribution in [2.24, 2.45) is 0 Å². The molecule has 0 spiro atoms. The van der Waals surface area contributed by atoms with Crippen LogP contribution in [0.2, 0.25) is 0 Å². The Labute approximate surface area is 147 Å². The molecule has 130 valence electrons. The first kappa shape index (κ1) is 17.0. The van der Waals surface area contributed by atoms with Crippen molar-refractivity contribution in [1.29, 1.82) is 0 Å². The van der Waals surface area contributed by atoms with Gasteiger partial charge in [0.1, 0.15) is 11.8 Å². The third-order valence-corrected chi connectivity index (χ3v) is 4.73. The minimum Gasteiger partial charge on any atom is -0.497 e. The van der Waals surface area contributed by atoms with Gasteiger partial charge in [0.25, 0.3) is 0 Å². The lowest BCUT2D eigenvalue weighted by molar-refractivity contribution is -0.120. The van der Waals surface area contributed by atoms with Crippen molar-refractivity contribution in [3.63, 3.8) is 0 Å². The van der Waals surface area contributed by atoms with Gasteiger partial charge in [-0.1, -0.05) is 12.1 Å². The molecule has 2 amide bonds. The van der Waals surface area contributed by atoms with Crippen LogP contribution in [0.5, 0.6) is 5.75 Å². The first-order valence-corrected chi connectivity index (χ1v) is 8.34. The number of ether oxygens (including phenoxy) is 1. The Hall–Kier alpha value is -2.82. The van der Waals surface area contributed by atoms with Crippen LogP contribution in [0.3, 0.4) is 0 Å². The molecule has 0 aliphatic carbocycles. The Morgan fingerprint density at radius 3 is 2.56 bits per heavy atom. The van der Waals surface area contributed by atoms with Gasteiger partial charge < -0.3 is 10.1 Å². The average Bonchev–Trinajstić information content (AvgIpc) is 3.00. The summed E-state index contributed by atoms with van der Waals surface area (Å²) in [7, 11) is 1.59. The zero-order valence-corrected chi connectivity index (χ0v) is 14.7. The van der Waals surface area contributed by atoms with Crippen LogP contribution in [-0.4, -0.2) is 25.0 Å². The van der Waals surface area contributed by atoms with Crippen LogP contribution in [-0.2, 0) is 9.59 Å². The smallest absolute Gasteiger partial charge is 0.247 e. The molecule has 2 aromatic rings. The number of rotatable bonds is 4. The minimum absolute atomic E-state index is 0.0359. The Morgan fingerprint density at radius 1 is 1.16 bits per heavy atom. The number of nitrogens with zero attached hydrogens (tertiary/aromatic N) is 1. The fraction of sp³-hybridized carbons (Fsp3) is 0.300. The number of carbonyl (C=O) groups is 2. The SMILES string of the molecule is COc1ccc(N2C(=O)CCC2C(=O)Nc2cccc(C)c2C)cc1. The molecule has 0 aromatic heterocycles. The molecule has 5 heteroatoms. The highest BCUT2D eigenvalue weighted by atomic mass is 16.5. The van der Waals surface area contributed by atoms with E-state index in [2.05, 4.69) is 5.32 Å². The van der Waals surface area contributed by atoms with Gasteiger partial charge in [0.15, 0.2) is 0 Å². The van der Waals surface area contributed by atoms with Crippen LogP contribution in [0.1, 0.15) is 24.0 Å². The monoisotopic (exact) mass is 338 g/mol. The van der Waals surface area contributed by atoms with Crippen LogP contribution in [0, 0.1) is 13.8 Å². The summed E-state index contributed by atoms with van der Waals surface area (Å²) in [5.41, 5.74) is 3.66. The second-order valence-corrected chi connectivity index (χ2v) is 6.25. The van der Waals surface area contributed by atoms with Crippen molar-refractivity contribution in [3.05, 3.63) is 53.6 Å². The van der Waals surface area contributed by atoms with Crippen molar-refractivity contribution in [3.8, 4) is 5.75 Å². The topological polar surface area (TPSA) is 58.6 Å². The van der Waals surface area contributed by atoms with Crippen LogP contribution in [0.4, 0.5) is 11.4 Å². The molecule has 1 aliphatic rings. The molecule has 0 radical (unpaired) electrons. The molecule has 5 nitrogen and oxygen atoms in total. The lowest BCUT2D eigenvalue weighted by Gasteiger charge is -2.24. The third-order valence-electron chi connectivity index (χ3n) is 4.73. The summed E-state index contributed by atoms with van der Waals surface area (Å²) >= 11 is 0. The first-order valence-electron chi connectivity index (χ1n) is 8.34. The quantitative estimate of drug-likeness (QED) is 0.929. The number of anilines is 2. The number of carbonyl (C=O) groups excluding carboxylic acids is 2. The van der Waals surface area contributed by atoms with Gasteiger partial charge in [-0.15, -0.1) is 0 Å². The molecule has 1 aliphatic heterocycles. The average molecular weight is 338 g/mol. The van der Waals surface area contributed by atoms with Gasteiger partial charge in [0, 0.05) is 17.8 Å². The van der Waals surface area contributed by atoms with E-state index in [1.807, 2.05) is 32.0 Å². The van der Waals surface area contributed by atoms with E-state index in [1.54, 1.807) is 36.3 Å². The summed E-state index contributed by atoms with van der Waals surface area (Å²) in [4.78, 5) is 26.7. The third kappa shape index (κ3) is 3.36. The second kappa shape index (κ2) is 6.97. The number of aryl methyl sites for hydroxylation is 1. The number of hydrogen-bond acceptors (Lipinski definition) is 3. The van der Waals surface area contributed by atoms with E-state index in [0.717, 1.165) is 16.8 Å². The van der Waals surface area contributed by atoms with Crippen LogP contribution >= 0.6 is 0 Å². The molecule has 0 bridgehead atoms. The molecule has 25 heavy (non-hydrogen) atoms. The lowest BCUT2D eigenvalue weighted by atomic mass is 10.1. The predicted octanol–water partition coefficient (Wildman–Crippen LogP) is 3.45. The maximum Gasteiger partial charge on any atom is 0.247 e. The summed E-state index contributed by atoms with van der Waals surface area (Å²) < 4.78 is 5.15. The zero-order valence-electron chi connectivity index (χ0n) is 14.7. The number of amides is 2. The summed E-state index contributed by atoms with van der Waals surface area (Å²) in [6, 6.07) is 12.5. The van der Waals surface area contributed by atoms with Gasteiger partial charge >= 0.3 is 0 Å². The largest absolute Gasteiger partial charge is 0.497 e. The summed E-state index contributed by atoms with van der Waals surface area (Å²) in [6.07, 6.45) is 0.887. The molecule has 1 fully saturated rings. The molecule has 1 N–H and O–H groups in total. The summed E-state index contributed by atoms with van der Waals surface area (Å²) in [5.74, 6) is 0.522. The van der Waals surface area contributed by atoms with Gasteiger partial charge in [0.2, 0.25) is 11.8 Å². The van der Waals surface area contributed by atoms with E-state index < -0.39 is 6.04 Å². The van der Waals surface area contributed by atoms with Crippen molar-refractivity contribution in [1.82, 2.24) is 0 Å². The van der Waals surface area contributed by atoms with Gasteiger partial charge in [-0.05, 0) is 61.7 Å². The van der Waals surface area contributed by atoms with Crippen LogP contribution in [0.25, 0.3) is 0 Å². The summed E-state index contributed by atoms with van der Waals surface area (Å²) in [6.45, 7) is 3.99. The second-order valence-electron chi connectivity index (χ2n) is 6.25. The van der Waals surface area contributed by atoms with E-state index in [4.69, 9.17) is 4.74 Å². The first-order chi connectivity index (χ1) is 12.0. The highest BCUT2D eigenvalue weighted by molar-refractivity contribution is 6.07. The number of hydrogen-bond donors (Lipinski definition) is 1. The van der Waals surface area contributed by atoms with Crippen molar-refractivity contribution >= 4 is 23.2 Å². The van der Waals surface area contributed by atoms with Gasteiger partial charge in [-0.25, -0.2) is 0 Å². The number of methoxy groups -OCH3 is 1. The predicted molar refractivity (Wildman–Crippen MR) is 98.0 cm³/mol. The van der Waals surface area contributed by atoms with Crippen molar-refractivity contribution < 1.29 is 14.3 Å². The molecule has 1 heterocycles.